The van der Waals surface area contributed by atoms with Gasteiger partial charge in [0.15, 0.2) is 11.5 Å². The molecule has 0 spiro atoms. The number of hydrogen-bond donors (Lipinski definition) is 0. The van der Waals surface area contributed by atoms with Crippen LogP contribution in [0.15, 0.2) is 42.5 Å². The number of alkyl halides is 3. The standard InChI is InChI=1S/C16H15F3O2/c1-11-3-8-14(20-2)15(9-11)21-10-12-4-6-13(7-5-12)16(17,18)19/h3-9H,10H2,1-2H3. The van der Waals surface area contributed by atoms with Crippen molar-refractivity contribution < 1.29 is 22.6 Å². The molecule has 21 heavy (non-hydrogen) atoms. The van der Waals surface area contributed by atoms with Gasteiger partial charge in [-0.3, -0.25) is 0 Å². The summed E-state index contributed by atoms with van der Waals surface area (Å²) in [6, 6.07) is 10.4. The van der Waals surface area contributed by atoms with Crippen molar-refractivity contribution >= 4 is 0 Å². The fraction of sp³-hybridized carbons (Fsp3) is 0.250. The highest BCUT2D eigenvalue weighted by atomic mass is 19.4. The zero-order valence-electron chi connectivity index (χ0n) is 11.7. The lowest BCUT2D eigenvalue weighted by Crippen LogP contribution is -2.05. The molecule has 2 aromatic carbocycles. The fourth-order valence-corrected chi connectivity index (χ4v) is 1.85. The number of benzene rings is 2. The van der Waals surface area contributed by atoms with E-state index in [2.05, 4.69) is 0 Å². The second kappa shape index (κ2) is 6.08. The summed E-state index contributed by atoms with van der Waals surface area (Å²) in [6.07, 6.45) is -4.32. The van der Waals surface area contributed by atoms with Crippen molar-refractivity contribution in [1.82, 2.24) is 0 Å². The van der Waals surface area contributed by atoms with E-state index in [-0.39, 0.29) is 6.61 Å². The molecule has 2 rings (SSSR count). The normalized spacial score (nSPS) is 11.3. The Bertz CT molecular complexity index is 604. The van der Waals surface area contributed by atoms with Gasteiger partial charge in [-0.1, -0.05) is 18.2 Å². The first-order valence-electron chi connectivity index (χ1n) is 6.34. The third-order valence-corrected chi connectivity index (χ3v) is 2.99. The summed E-state index contributed by atoms with van der Waals surface area (Å²) < 4.78 is 48.2. The topological polar surface area (TPSA) is 18.5 Å². The number of aryl methyl sites for hydroxylation is 1. The second-order valence-electron chi connectivity index (χ2n) is 4.64. The van der Waals surface area contributed by atoms with Crippen LogP contribution in [0.2, 0.25) is 0 Å². The van der Waals surface area contributed by atoms with Gasteiger partial charge in [-0.2, -0.15) is 13.2 Å². The third kappa shape index (κ3) is 3.90. The maximum absolute atomic E-state index is 12.5. The summed E-state index contributed by atoms with van der Waals surface area (Å²) in [5, 5.41) is 0. The first-order valence-corrected chi connectivity index (χ1v) is 6.34. The van der Waals surface area contributed by atoms with Gasteiger partial charge >= 0.3 is 6.18 Å². The number of rotatable bonds is 4. The molecule has 2 aromatic rings. The summed E-state index contributed by atoms with van der Waals surface area (Å²) in [4.78, 5) is 0. The third-order valence-electron chi connectivity index (χ3n) is 2.99. The molecule has 0 aliphatic heterocycles. The van der Waals surface area contributed by atoms with Gasteiger partial charge < -0.3 is 9.47 Å². The number of ether oxygens (including phenoxy) is 2. The molecule has 0 heterocycles. The van der Waals surface area contributed by atoms with Gasteiger partial charge in [-0.15, -0.1) is 0 Å². The molecule has 0 bridgehead atoms. The van der Waals surface area contributed by atoms with Crippen LogP contribution in [-0.2, 0) is 12.8 Å². The van der Waals surface area contributed by atoms with E-state index in [1.807, 2.05) is 19.1 Å². The molecule has 0 fully saturated rings. The highest BCUT2D eigenvalue weighted by Gasteiger charge is 2.29. The highest BCUT2D eigenvalue weighted by molar-refractivity contribution is 5.42. The number of hydrogen-bond acceptors (Lipinski definition) is 2. The summed E-state index contributed by atoms with van der Waals surface area (Å²) in [7, 11) is 1.54. The van der Waals surface area contributed by atoms with Crippen molar-refractivity contribution in [3.05, 3.63) is 59.2 Å². The molecule has 5 heteroatoms. The smallest absolute Gasteiger partial charge is 0.416 e. The van der Waals surface area contributed by atoms with Crippen molar-refractivity contribution in [2.45, 2.75) is 19.7 Å². The van der Waals surface area contributed by atoms with Gasteiger partial charge in [0.2, 0.25) is 0 Å². The van der Waals surface area contributed by atoms with E-state index < -0.39 is 11.7 Å². The lowest BCUT2D eigenvalue weighted by Gasteiger charge is -2.12. The van der Waals surface area contributed by atoms with Crippen LogP contribution >= 0.6 is 0 Å². The largest absolute Gasteiger partial charge is 0.493 e. The van der Waals surface area contributed by atoms with Gasteiger partial charge in [0.05, 0.1) is 12.7 Å². The Morgan fingerprint density at radius 1 is 0.952 bits per heavy atom. The average Bonchev–Trinajstić information content (AvgIpc) is 2.45. The monoisotopic (exact) mass is 296 g/mol. The van der Waals surface area contributed by atoms with Crippen molar-refractivity contribution in [2.24, 2.45) is 0 Å². The van der Waals surface area contributed by atoms with E-state index in [9.17, 15) is 13.2 Å². The van der Waals surface area contributed by atoms with Crippen LogP contribution in [0.5, 0.6) is 11.5 Å². The van der Waals surface area contributed by atoms with E-state index in [1.165, 1.54) is 19.2 Å². The molecule has 0 saturated carbocycles. The lowest BCUT2D eigenvalue weighted by molar-refractivity contribution is -0.137. The van der Waals surface area contributed by atoms with Crippen molar-refractivity contribution in [1.29, 1.82) is 0 Å². The van der Waals surface area contributed by atoms with Gasteiger partial charge in [-0.05, 0) is 42.3 Å². The van der Waals surface area contributed by atoms with Crippen LogP contribution in [0.3, 0.4) is 0 Å². The van der Waals surface area contributed by atoms with Crippen LogP contribution in [-0.4, -0.2) is 7.11 Å². The molecular formula is C16H15F3O2. The SMILES string of the molecule is COc1ccc(C)cc1OCc1ccc(C(F)(F)F)cc1. The zero-order valence-corrected chi connectivity index (χ0v) is 11.7. The molecule has 112 valence electrons. The maximum Gasteiger partial charge on any atom is 0.416 e. The number of methoxy groups -OCH3 is 1. The van der Waals surface area contributed by atoms with Crippen molar-refractivity contribution in [2.75, 3.05) is 7.11 Å². The maximum atomic E-state index is 12.5. The predicted octanol–water partition coefficient (Wildman–Crippen LogP) is 4.60. The summed E-state index contributed by atoms with van der Waals surface area (Å²) in [5.41, 5.74) is 1.00. The van der Waals surface area contributed by atoms with Crippen molar-refractivity contribution in [3.63, 3.8) is 0 Å². The molecule has 0 aromatic heterocycles. The molecule has 0 aliphatic rings. The van der Waals surface area contributed by atoms with E-state index in [0.29, 0.717) is 17.1 Å². The predicted molar refractivity (Wildman–Crippen MR) is 73.5 cm³/mol. The quantitative estimate of drug-likeness (QED) is 0.821. The minimum absolute atomic E-state index is 0.179. The fourth-order valence-electron chi connectivity index (χ4n) is 1.85. The molecule has 0 radical (unpaired) electrons. The summed E-state index contributed by atoms with van der Waals surface area (Å²) in [6.45, 7) is 2.10. The van der Waals surface area contributed by atoms with Crippen LogP contribution < -0.4 is 9.47 Å². The Balaban J connectivity index is 2.08. The summed E-state index contributed by atoms with van der Waals surface area (Å²) in [5.74, 6) is 1.16. The molecule has 0 aliphatic carbocycles. The van der Waals surface area contributed by atoms with E-state index in [0.717, 1.165) is 17.7 Å². The molecule has 0 saturated heterocycles. The first kappa shape index (κ1) is 15.2. The van der Waals surface area contributed by atoms with Gasteiger partial charge in [-0.25, -0.2) is 0 Å². The first-order chi connectivity index (χ1) is 9.90. The Morgan fingerprint density at radius 3 is 2.19 bits per heavy atom. The second-order valence-corrected chi connectivity index (χ2v) is 4.64. The van der Waals surface area contributed by atoms with E-state index >= 15 is 0 Å². The molecular weight excluding hydrogens is 281 g/mol. The van der Waals surface area contributed by atoms with Crippen LogP contribution in [0.4, 0.5) is 13.2 Å². The Morgan fingerprint density at radius 2 is 1.62 bits per heavy atom. The Kier molecular flexibility index (Phi) is 4.40. The van der Waals surface area contributed by atoms with Gasteiger partial charge in [0.1, 0.15) is 6.61 Å². The molecule has 0 N–H and O–H groups in total. The van der Waals surface area contributed by atoms with Crippen LogP contribution in [0.1, 0.15) is 16.7 Å². The minimum atomic E-state index is -4.32. The minimum Gasteiger partial charge on any atom is -0.493 e. The van der Waals surface area contributed by atoms with Gasteiger partial charge in [0.25, 0.3) is 0 Å². The zero-order chi connectivity index (χ0) is 15.5. The highest BCUT2D eigenvalue weighted by Crippen LogP contribution is 2.30. The molecule has 0 atom stereocenters. The average molecular weight is 296 g/mol. The van der Waals surface area contributed by atoms with Crippen LogP contribution in [0, 0.1) is 6.92 Å². The van der Waals surface area contributed by atoms with Crippen LogP contribution in [0.25, 0.3) is 0 Å². The molecule has 0 amide bonds. The van der Waals surface area contributed by atoms with Gasteiger partial charge in [0, 0.05) is 0 Å². The Hall–Kier alpha value is -2.17. The van der Waals surface area contributed by atoms with E-state index in [1.54, 1.807) is 6.07 Å². The summed E-state index contributed by atoms with van der Waals surface area (Å²) >= 11 is 0. The number of halogens is 3. The van der Waals surface area contributed by atoms with Crippen molar-refractivity contribution in [3.8, 4) is 11.5 Å². The Labute approximate surface area is 121 Å². The van der Waals surface area contributed by atoms with E-state index in [4.69, 9.17) is 9.47 Å². The molecule has 0 unspecified atom stereocenters. The molecule has 2 nitrogen and oxygen atoms in total. The lowest BCUT2D eigenvalue weighted by atomic mass is 10.1.